The van der Waals surface area contributed by atoms with Crippen molar-refractivity contribution in [1.29, 1.82) is 0 Å². The van der Waals surface area contributed by atoms with Crippen molar-refractivity contribution in [3.63, 3.8) is 0 Å². The Bertz CT molecular complexity index is 648. The molecule has 5 nitrogen and oxygen atoms in total. The zero-order valence-corrected chi connectivity index (χ0v) is 14.6. The topological polar surface area (TPSA) is 42.0 Å². The second-order valence-corrected chi connectivity index (χ2v) is 7.19. The van der Waals surface area contributed by atoms with E-state index in [1.165, 1.54) is 12.1 Å². The molecule has 6 heteroatoms. The zero-order valence-electron chi connectivity index (χ0n) is 14.6. The van der Waals surface area contributed by atoms with Crippen molar-refractivity contribution < 1.29 is 18.7 Å². The van der Waals surface area contributed by atoms with E-state index in [0.29, 0.717) is 24.1 Å². The number of morpholine rings is 1. The molecular weight excluding hydrogens is 323 g/mol. The lowest BCUT2D eigenvalue weighted by molar-refractivity contribution is -0.137. The molecule has 2 fully saturated rings. The van der Waals surface area contributed by atoms with E-state index >= 15 is 0 Å². The van der Waals surface area contributed by atoms with E-state index in [4.69, 9.17) is 9.47 Å². The van der Waals surface area contributed by atoms with Crippen LogP contribution in [0.1, 0.15) is 18.9 Å². The second kappa shape index (κ2) is 6.92. The monoisotopic (exact) mass is 348 g/mol. The summed E-state index contributed by atoms with van der Waals surface area (Å²) in [5, 5.41) is 0. The minimum Gasteiger partial charge on any atom is -0.480 e. The number of fused-ring (bicyclic) bond motifs is 1. The number of halogens is 1. The van der Waals surface area contributed by atoms with Gasteiger partial charge in [-0.05, 0) is 24.1 Å². The average Bonchev–Trinajstić information content (AvgIpc) is 3.25. The van der Waals surface area contributed by atoms with Crippen LogP contribution >= 0.6 is 0 Å². The van der Waals surface area contributed by atoms with Crippen LogP contribution in [-0.2, 0) is 16.0 Å². The predicted molar refractivity (Wildman–Crippen MR) is 91.1 cm³/mol. The van der Waals surface area contributed by atoms with E-state index in [9.17, 15) is 9.18 Å². The van der Waals surface area contributed by atoms with Crippen molar-refractivity contribution in [1.82, 2.24) is 9.80 Å². The molecule has 3 heterocycles. The Morgan fingerprint density at radius 2 is 2.08 bits per heavy atom. The van der Waals surface area contributed by atoms with Gasteiger partial charge in [-0.25, -0.2) is 4.39 Å². The summed E-state index contributed by atoms with van der Waals surface area (Å²) in [6, 6.07) is 4.87. The van der Waals surface area contributed by atoms with Gasteiger partial charge in [0.15, 0.2) is 6.10 Å². The molecule has 1 aromatic rings. The van der Waals surface area contributed by atoms with Gasteiger partial charge in [-0.2, -0.15) is 0 Å². The summed E-state index contributed by atoms with van der Waals surface area (Å²) >= 11 is 0. The van der Waals surface area contributed by atoms with Gasteiger partial charge in [-0.3, -0.25) is 9.69 Å². The first-order valence-corrected chi connectivity index (χ1v) is 9.21. The minimum absolute atomic E-state index is 0.0332. The molecule has 0 saturated carbocycles. The Labute approximate surface area is 147 Å². The maximum atomic E-state index is 13.4. The molecule has 2 saturated heterocycles. The lowest BCUT2D eigenvalue weighted by Crippen LogP contribution is -2.48. The highest BCUT2D eigenvalue weighted by molar-refractivity contribution is 5.83. The number of amides is 1. The second-order valence-electron chi connectivity index (χ2n) is 7.19. The fourth-order valence-electron chi connectivity index (χ4n) is 4.32. The number of nitrogens with zero attached hydrogens (tertiary/aromatic N) is 2. The number of hydrogen-bond donors (Lipinski definition) is 0. The van der Waals surface area contributed by atoms with Gasteiger partial charge in [0, 0.05) is 44.2 Å². The quantitative estimate of drug-likeness (QED) is 0.834. The van der Waals surface area contributed by atoms with Crippen molar-refractivity contribution >= 4 is 5.91 Å². The van der Waals surface area contributed by atoms with Crippen LogP contribution in [0.4, 0.5) is 4.39 Å². The summed E-state index contributed by atoms with van der Waals surface area (Å²) in [6.45, 7) is 7.14. The first kappa shape index (κ1) is 16.8. The molecule has 0 spiro atoms. The molecule has 3 aliphatic heterocycles. The van der Waals surface area contributed by atoms with E-state index in [2.05, 4.69) is 11.8 Å². The number of ether oxygens (including phenoxy) is 2. The SMILES string of the molecule is CC[C@@H]1CN(C(=O)[C@H]2Cc3cc(F)ccc3O2)C[C@@H]1N1CCOCC1. The molecule has 1 amide bonds. The molecule has 0 aliphatic carbocycles. The van der Waals surface area contributed by atoms with Crippen LogP contribution in [0.15, 0.2) is 18.2 Å². The number of hydrogen-bond acceptors (Lipinski definition) is 4. The highest BCUT2D eigenvalue weighted by atomic mass is 19.1. The van der Waals surface area contributed by atoms with Crippen LogP contribution in [0.25, 0.3) is 0 Å². The molecule has 0 aromatic heterocycles. The number of benzene rings is 1. The molecule has 0 N–H and O–H groups in total. The fraction of sp³-hybridized carbons (Fsp3) is 0.632. The van der Waals surface area contributed by atoms with Crippen molar-refractivity contribution in [2.24, 2.45) is 5.92 Å². The molecule has 4 rings (SSSR count). The van der Waals surface area contributed by atoms with Crippen molar-refractivity contribution in [3.05, 3.63) is 29.6 Å². The van der Waals surface area contributed by atoms with Gasteiger partial charge in [0.1, 0.15) is 11.6 Å². The minimum atomic E-state index is -0.516. The third-order valence-corrected chi connectivity index (χ3v) is 5.73. The summed E-state index contributed by atoms with van der Waals surface area (Å²) < 4.78 is 24.6. The third-order valence-electron chi connectivity index (χ3n) is 5.73. The molecule has 0 bridgehead atoms. The standard InChI is InChI=1S/C19H25FN2O3/c1-2-13-11-22(12-16(13)21-5-7-24-8-6-21)19(23)18-10-14-9-15(20)3-4-17(14)25-18/h3-4,9,13,16,18H,2,5-8,10-12H2,1H3/t13-,16+,18-/m1/s1. The highest BCUT2D eigenvalue weighted by Gasteiger charge is 2.41. The molecule has 3 aliphatic rings. The number of carbonyl (C=O) groups excluding carboxylic acids is 1. The summed E-state index contributed by atoms with van der Waals surface area (Å²) in [5.74, 6) is 0.875. The van der Waals surface area contributed by atoms with E-state index < -0.39 is 6.10 Å². The van der Waals surface area contributed by atoms with Crippen LogP contribution < -0.4 is 4.74 Å². The van der Waals surface area contributed by atoms with Gasteiger partial charge in [0.2, 0.25) is 0 Å². The van der Waals surface area contributed by atoms with Crippen LogP contribution in [0.5, 0.6) is 5.75 Å². The molecule has 136 valence electrons. The van der Waals surface area contributed by atoms with Gasteiger partial charge in [0.25, 0.3) is 5.91 Å². The Hall–Kier alpha value is -1.66. The number of rotatable bonds is 3. The Morgan fingerprint density at radius 3 is 2.84 bits per heavy atom. The first-order valence-electron chi connectivity index (χ1n) is 9.21. The highest BCUT2D eigenvalue weighted by Crippen LogP contribution is 2.32. The van der Waals surface area contributed by atoms with E-state index in [1.54, 1.807) is 6.07 Å². The van der Waals surface area contributed by atoms with E-state index in [1.807, 2.05) is 4.90 Å². The summed E-state index contributed by atoms with van der Waals surface area (Å²) in [4.78, 5) is 17.4. The van der Waals surface area contributed by atoms with Gasteiger partial charge >= 0.3 is 0 Å². The Balaban J connectivity index is 1.43. The maximum Gasteiger partial charge on any atom is 0.264 e. The summed E-state index contributed by atoms with van der Waals surface area (Å²) in [5.41, 5.74) is 0.786. The van der Waals surface area contributed by atoms with E-state index in [-0.39, 0.29) is 11.7 Å². The largest absolute Gasteiger partial charge is 0.480 e. The summed E-state index contributed by atoms with van der Waals surface area (Å²) in [6.07, 6.45) is 1.00. The lowest BCUT2D eigenvalue weighted by atomic mass is 9.99. The third kappa shape index (κ3) is 3.25. The summed E-state index contributed by atoms with van der Waals surface area (Å²) in [7, 11) is 0. The lowest BCUT2D eigenvalue weighted by Gasteiger charge is -2.34. The molecule has 25 heavy (non-hydrogen) atoms. The Kier molecular flexibility index (Phi) is 4.65. The van der Waals surface area contributed by atoms with E-state index in [0.717, 1.165) is 51.4 Å². The van der Waals surface area contributed by atoms with Crippen molar-refractivity contribution in [2.45, 2.75) is 31.9 Å². The van der Waals surface area contributed by atoms with Gasteiger partial charge in [0.05, 0.1) is 13.2 Å². The number of carbonyl (C=O) groups is 1. The van der Waals surface area contributed by atoms with Crippen molar-refractivity contribution in [2.75, 3.05) is 39.4 Å². The molecule has 0 unspecified atom stereocenters. The fourth-order valence-corrected chi connectivity index (χ4v) is 4.32. The maximum absolute atomic E-state index is 13.4. The van der Waals surface area contributed by atoms with Crippen molar-refractivity contribution in [3.8, 4) is 5.75 Å². The molecule has 3 atom stereocenters. The zero-order chi connectivity index (χ0) is 17.4. The number of likely N-dealkylation sites (tertiary alicyclic amines) is 1. The van der Waals surface area contributed by atoms with Gasteiger partial charge in [-0.1, -0.05) is 13.3 Å². The molecular formula is C19H25FN2O3. The van der Waals surface area contributed by atoms with Crippen LogP contribution in [0.2, 0.25) is 0 Å². The van der Waals surface area contributed by atoms with Crippen LogP contribution in [-0.4, -0.2) is 67.2 Å². The smallest absolute Gasteiger partial charge is 0.264 e. The average molecular weight is 348 g/mol. The first-order chi connectivity index (χ1) is 12.2. The van der Waals surface area contributed by atoms with Gasteiger partial charge < -0.3 is 14.4 Å². The van der Waals surface area contributed by atoms with Crippen LogP contribution in [0, 0.1) is 11.7 Å². The van der Waals surface area contributed by atoms with Crippen LogP contribution in [0.3, 0.4) is 0 Å². The predicted octanol–water partition coefficient (Wildman–Crippen LogP) is 1.70. The van der Waals surface area contributed by atoms with Gasteiger partial charge in [-0.15, -0.1) is 0 Å². The molecule has 0 radical (unpaired) electrons. The normalized spacial score (nSPS) is 29.5. The molecule has 1 aromatic carbocycles. The Morgan fingerprint density at radius 1 is 1.28 bits per heavy atom.